The minimum Gasteiger partial charge on any atom is -0.507 e. The molecule has 3 heterocycles. The maximum atomic E-state index is 13.4. The summed E-state index contributed by atoms with van der Waals surface area (Å²) < 4.78 is 27.3. The van der Waals surface area contributed by atoms with Crippen LogP contribution in [-0.4, -0.2) is 110 Å². The number of ether oxygens (including phenoxy) is 4. The Kier molecular flexibility index (Phi) is 7.95. The third-order valence-corrected chi connectivity index (χ3v) is 7.45. The Bertz CT molecular complexity index is 1470. The van der Waals surface area contributed by atoms with Gasteiger partial charge in [0, 0.05) is 0 Å². The van der Waals surface area contributed by atoms with Crippen molar-refractivity contribution in [1.82, 2.24) is 0 Å². The summed E-state index contributed by atoms with van der Waals surface area (Å²) in [6.07, 6.45) is -10.0. The van der Waals surface area contributed by atoms with Gasteiger partial charge in [0.1, 0.15) is 59.8 Å². The second-order valence-corrected chi connectivity index (χ2v) is 10.0. The Labute approximate surface area is 231 Å². The number of phenols is 2. The van der Waals surface area contributed by atoms with Crippen LogP contribution < -0.4 is 10.2 Å². The quantitative estimate of drug-likeness (QED) is 0.166. The molecule has 0 unspecified atom stereocenters. The summed E-state index contributed by atoms with van der Waals surface area (Å²) in [5.74, 6) is -0.437. The molecule has 0 amide bonds. The number of hydrogen-bond acceptors (Lipinski definition) is 14. The molecular weight excluding hydrogens is 548 g/mol. The van der Waals surface area contributed by atoms with Gasteiger partial charge < -0.3 is 64.2 Å². The first-order chi connectivity index (χ1) is 19.5. The number of aromatic hydroxyl groups is 2. The summed E-state index contributed by atoms with van der Waals surface area (Å²) in [5.41, 5.74) is -2.32. The molecule has 14 nitrogen and oxygen atoms in total. The lowest BCUT2D eigenvalue weighted by Gasteiger charge is -2.41. The first-order valence-electron chi connectivity index (χ1n) is 12.6. The molecule has 0 spiro atoms. The fraction of sp³-hybridized carbons (Fsp3) is 0.444. The maximum Gasteiger partial charge on any atom is 0.200 e. The van der Waals surface area contributed by atoms with Gasteiger partial charge in [-0.2, -0.15) is 0 Å². The van der Waals surface area contributed by atoms with Crippen molar-refractivity contribution in [2.75, 3.05) is 26.9 Å². The fourth-order valence-corrected chi connectivity index (χ4v) is 4.98. The molecular formula is C27H30O14. The average Bonchev–Trinajstić information content (AvgIpc) is 3.26. The predicted molar refractivity (Wildman–Crippen MR) is 137 cm³/mol. The number of aliphatic hydroxyl groups excluding tert-OH is 5. The molecule has 0 bridgehead atoms. The van der Waals surface area contributed by atoms with E-state index in [1.54, 1.807) is 0 Å². The van der Waals surface area contributed by atoms with Crippen LogP contribution in [0.5, 0.6) is 17.2 Å². The highest BCUT2D eigenvalue weighted by Crippen LogP contribution is 2.41. The third kappa shape index (κ3) is 5.03. The zero-order valence-corrected chi connectivity index (χ0v) is 21.7. The molecule has 0 saturated carbocycles. The smallest absolute Gasteiger partial charge is 0.200 e. The average molecular weight is 579 g/mol. The Morgan fingerprint density at radius 1 is 1.02 bits per heavy atom. The molecule has 2 aromatic carbocycles. The molecule has 8 atom stereocenters. The molecule has 2 saturated heterocycles. The molecule has 2 aliphatic rings. The summed E-state index contributed by atoms with van der Waals surface area (Å²) in [6.45, 7) is -1.72. The summed E-state index contributed by atoms with van der Waals surface area (Å²) in [6, 6.07) is 6.77. The van der Waals surface area contributed by atoms with E-state index >= 15 is 0 Å². The Morgan fingerprint density at radius 2 is 1.76 bits per heavy atom. The SMILES string of the molecule is COc1cc(-c2coc3c([C@H]4O[C@@H](CO[C@@H]5OC[C@](O)(CO)[C@H]5O)[C@H](O)[C@@H](O)[C@@H]4O)c(O)ccc3c2=O)ccc1O. The minimum atomic E-state index is -1.95. The standard InChI is InChI=1S/C27H30O14/c1-37-16-6-11(2-4-14(16)29)13-7-38-23-12(19(13)31)3-5-15(30)18(23)24-22(34)21(33)20(32)17(41-24)8-39-26-25(35)27(36,9-28)10-40-26/h2-7,17,20-22,24-26,28-30,32-36H,8-10H2,1H3/t17-,20-,21+,22-,24+,25-,26+,27+/m0/s1. The topological polar surface area (TPSA) is 229 Å². The molecule has 3 aromatic rings. The van der Waals surface area contributed by atoms with Crippen molar-refractivity contribution in [1.29, 1.82) is 0 Å². The van der Waals surface area contributed by atoms with E-state index in [-0.39, 0.29) is 33.6 Å². The fourth-order valence-electron chi connectivity index (χ4n) is 4.98. The van der Waals surface area contributed by atoms with Crippen LogP contribution in [0, 0.1) is 0 Å². The molecule has 222 valence electrons. The van der Waals surface area contributed by atoms with Gasteiger partial charge in [0.2, 0.25) is 5.43 Å². The molecule has 2 fully saturated rings. The van der Waals surface area contributed by atoms with Gasteiger partial charge in [-0.15, -0.1) is 0 Å². The highest BCUT2D eigenvalue weighted by molar-refractivity contribution is 5.86. The monoisotopic (exact) mass is 578 g/mol. The number of benzene rings is 2. The first-order valence-corrected chi connectivity index (χ1v) is 12.6. The van der Waals surface area contributed by atoms with Crippen LogP contribution in [0.4, 0.5) is 0 Å². The van der Waals surface area contributed by atoms with Crippen LogP contribution in [-0.2, 0) is 14.2 Å². The second-order valence-electron chi connectivity index (χ2n) is 10.0. The van der Waals surface area contributed by atoms with E-state index in [1.807, 2.05) is 0 Å². The van der Waals surface area contributed by atoms with Gasteiger partial charge >= 0.3 is 0 Å². The zero-order chi connectivity index (χ0) is 29.6. The number of phenolic OH excluding ortho intramolecular Hbond substituents is 2. The van der Waals surface area contributed by atoms with Crippen molar-refractivity contribution in [3.8, 4) is 28.4 Å². The number of fused-ring (bicyclic) bond motifs is 1. The van der Waals surface area contributed by atoms with E-state index in [2.05, 4.69) is 0 Å². The maximum absolute atomic E-state index is 13.4. The summed E-state index contributed by atoms with van der Waals surface area (Å²) in [4.78, 5) is 13.4. The summed E-state index contributed by atoms with van der Waals surface area (Å²) in [5, 5.41) is 82.2. The van der Waals surface area contributed by atoms with Crippen molar-refractivity contribution >= 4 is 11.0 Å². The molecule has 41 heavy (non-hydrogen) atoms. The Hall–Kier alpha value is -3.31. The number of hydrogen-bond donors (Lipinski definition) is 8. The van der Waals surface area contributed by atoms with Crippen LogP contribution in [0.1, 0.15) is 11.7 Å². The van der Waals surface area contributed by atoms with Gasteiger partial charge in [-0.3, -0.25) is 4.79 Å². The highest BCUT2D eigenvalue weighted by atomic mass is 16.7. The van der Waals surface area contributed by atoms with Crippen LogP contribution in [0.2, 0.25) is 0 Å². The molecule has 0 radical (unpaired) electrons. The van der Waals surface area contributed by atoms with Crippen molar-refractivity contribution < 1.29 is 64.2 Å². The van der Waals surface area contributed by atoms with Crippen LogP contribution >= 0.6 is 0 Å². The lowest BCUT2D eigenvalue weighted by Crippen LogP contribution is -2.56. The van der Waals surface area contributed by atoms with Crippen molar-refractivity contribution in [3.63, 3.8) is 0 Å². The number of aliphatic hydroxyl groups is 6. The van der Waals surface area contributed by atoms with E-state index in [0.717, 1.165) is 6.26 Å². The molecule has 14 heteroatoms. The van der Waals surface area contributed by atoms with E-state index in [0.29, 0.717) is 5.56 Å². The van der Waals surface area contributed by atoms with E-state index < -0.39 is 79.5 Å². The van der Waals surface area contributed by atoms with Crippen LogP contribution in [0.3, 0.4) is 0 Å². The van der Waals surface area contributed by atoms with Gasteiger partial charge in [-0.25, -0.2) is 0 Å². The number of rotatable bonds is 7. The van der Waals surface area contributed by atoms with E-state index in [9.17, 15) is 45.6 Å². The van der Waals surface area contributed by atoms with Gasteiger partial charge in [0.25, 0.3) is 0 Å². The van der Waals surface area contributed by atoms with Gasteiger partial charge in [0.15, 0.2) is 17.8 Å². The van der Waals surface area contributed by atoms with Crippen molar-refractivity contribution in [2.45, 2.75) is 48.5 Å². The van der Waals surface area contributed by atoms with E-state index in [4.69, 9.17) is 23.4 Å². The molecule has 5 rings (SSSR count). The lowest BCUT2D eigenvalue weighted by molar-refractivity contribution is -0.252. The summed E-state index contributed by atoms with van der Waals surface area (Å²) >= 11 is 0. The van der Waals surface area contributed by atoms with Crippen LogP contribution in [0.15, 0.2) is 45.8 Å². The zero-order valence-electron chi connectivity index (χ0n) is 21.7. The van der Waals surface area contributed by atoms with Gasteiger partial charge in [0.05, 0.1) is 43.4 Å². The van der Waals surface area contributed by atoms with Gasteiger partial charge in [-0.1, -0.05) is 6.07 Å². The second kappa shape index (κ2) is 11.2. The van der Waals surface area contributed by atoms with Crippen LogP contribution in [0.25, 0.3) is 22.1 Å². The highest BCUT2D eigenvalue weighted by Gasteiger charge is 2.50. The Balaban J connectivity index is 1.47. The summed E-state index contributed by atoms with van der Waals surface area (Å²) in [7, 11) is 1.35. The normalized spacial score (nSPS) is 31.9. The van der Waals surface area contributed by atoms with E-state index in [1.165, 1.54) is 37.4 Å². The van der Waals surface area contributed by atoms with Crippen molar-refractivity contribution in [3.05, 3.63) is 52.4 Å². The largest absolute Gasteiger partial charge is 0.507 e. The minimum absolute atomic E-state index is 0.00248. The molecule has 0 aliphatic carbocycles. The Morgan fingerprint density at radius 3 is 2.44 bits per heavy atom. The molecule has 2 aliphatic heterocycles. The lowest BCUT2D eigenvalue weighted by atomic mass is 9.89. The predicted octanol–water partition coefficient (Wildman–Crippen LogP) is -1.14. The van der Waals surface area contributed by atoms with Crippen molar-refractivity contribution in [2.24, 2.45) is 0 Å². The molecule has 8 N–H and O–H groups in total. The first kappa shape index (κ1) is 29.2. The number of methoxy groups -OCH3 is 1. The molecule has 1 aromatic heterocycles. The third-order valence-electron chi connectivity index (χ3n) is 7.45. The van der Waals surface area contributed by atoms with Gasteiger partial charge in [-0.05, 0) is 29.8 Å².